The number of fused-ring (bicyclic) bond motifs is 4. The fourth-order valence-corrected chi connectivity index (χ4v) is 5.49. The quantitative estimate of drug-likeness (QED) is 0.594. The van der Waals surface area contributed by atoms with Crippen LogP contribution < -0.4 is 9.47 Å². The van der Waals surface area contributed by atoms with Crippen LogP contribution in [0.5, 0.6) is 11.5 Å². The highest BCUT2D eigenvalue weighted by Gasteiger charge is 2.81. The topological polar surface area (TPSA) is 90.0 Å². The van der Waals surface area contributed by atoms with Crippen LogP contribution in [-0.4, -0.2) is 80.9 Å². The first-order valence-electron chi connectivity index (χ1n) is 9.03. The molecule has 0 bridgehead atoms. The molecule has 5 rings (SSSR count). The van der Waals surface area contributed by atoms with Crippen LogP contribution in [0.1, 0.15) is 22.3 Å². The Morgan fingerprint density at radius 1 is 1.19 bits per heavy atom. The van der Waals surface area contributed by atoms with Gasteiger partial charge in [-0.25, -0.2) is 4.79 Å². The number of benzene rings is 1. The van der Waals surface area contributed by atoms with Gasteiger partial charge >= 0.3 is 5.97 Å². The van der Waals surface area contributed by atoms with Gasteiger partial charge < -0.3 is 28.8 Å². The molecular weight excluding hydrogens is 354 g/mol. The van der Waals surface area contributed by atoms with Crippen LogP contribution in [0.3, 0.4) is 0 Å². The number of esters is 1. The van der Waals surface area contributed by atoms with Crippen molar-refractivity contribution < 1.29 is 33.6 Å². The van der Waals surface area contributed by atoms with E-state index >= 15 is 0 Å². The van der Waals surface area contributed by atoms with E-state index in [0.29, 0.717) is 17.1 Å². The van der Waals surface area contributed by atoms with Gasteiger partial charge in [0.05, 0.1) is 25.8 Å². The van der Waals surface area contributed by atoms with Crippen LogP contribution in [0.4, 0.5) is 0 Å². The minimum absolute atomic E-state index is 0.197. The second kappa shape index (κ2) is 5.35. The smallest absolute Gasteiger partial charge is 0.339 e. The third-order valence-electron chi connectivity index (χ3n) is 6.66. The maximum absolute atomic E-state index is 12.8. The van der Waals surface area contributed by atoms with E-state index in [1.165, 1.54) is 14.2 Å². The first-order valence-corrected chi connectivity index (χ1v) is 9.03. The van der Waals surface area contributed by atoms with Gasteiger partial charge in [-0.05, 0) is 25.6 Å². The van der Waals surface area contributed by atoms with Gasteiger partial charge in [-0.2, -0.15) is 0 Å². The SMILES string of the molecule is COc1cc2c(cc1OC)[C@]1(O)[C@H](OC2=O)[C@@H](OC)[C@@H]2O[C@@]23CCN(C)[C@H]31. The van der Waals surface area contributed by atoms with E-state index in [0.717, 1.165) is 13.0 Å². The fraction of sp³-hybridized carbons (Fsp3) is 0.632. The maximum Gasteiger partial charge on any atom is 0.339 e. The third kappa shape index (κ3) is 1.89. The molecule has 1 aromatic rings. The molecule has 27 heavy (non-hydrogen) atoms. The summed E-state index contributed by atoms with van der Waals surface area (Å²) < 4.78 is 28.2. The average molecular weight is 377 g/mol. The van der Waals surface area contributed by atoms with Crippen molar-refractivity contribution in [2.75, 3.05) is 34.9 Å². The lowest BCUT2D eigenvalue weighted by Gasteiger charge is -2.51. The Morgan fingerprint density at radius 2 is 1.89 bits per heavy atom. The molecule has 3 fully saturated rings. The highest BCUT2D eigenvalue weighted by Crippen LogP contribution is 2.63. The van der Waals surface area contributed by atoms with Crippen LogP contribution in [0.2, 0.25) is 0 Å². The molecule has 0 amide bonds. The number of ether oxygens (including phenoxy) is 5. The Balaban J connectivity index is 1.76. The molecule has 1 N–H and O–H groups in total. The molecule has 8 heteroatoms. The van der Waals surface area contributed by atoms with Gasteiger partial charge in [-0.1, -0.05) is 0 Å². The van der Waals surface area contributed by atoms with Gasteiger partial charge in [0.2, 0.25) is 0 Å². The number of likely N-dealkylation sites (tertiary alicyclic amines) is 1. The van der Waals surface area contributed by atoms with E-state index in [4.69, 9.17) is 23.7 Å². The number of hydrogen-bond donors (Lipinski definition) is 1. The Morgan fingerprint density at radius 3 is 2.56 bits per heavy atom. The molecule has 1 aromatic carbocycles. The van der Waals surface area contributed by atoms with E-state index in [-0.39, 0.29) is 17.7 Å². The van der Waals surface area contributed by atoms with Crippen LogP contribution >= 0.6 is 0 Å². The second-order valence-corrected chi connectivity index (χ2v) is 7.73. The monoisotopic (exact) mass is 377 g/mol. The molecule has 1 saturated carbocycles. The van der Waals surface area contributed by atoms with Crippen molar-refractivity contribution in [3.05, 3.63) is 23.3 Å². The molecule has 4 aliphatic rings. The normalized spacial score (nSPS) is 41.7. The number of likely N-dealkylation sites (N-methyl/N-ethyl adjacent to an activating group) is 1. The standard InChI is InChI=1S/C19H23NO7/c1-20-6-5-18-14(27-18)13(25-4)15-19(22,17(18)20)10-8-12(24-3)11(23-2)7-9(10)16(21)26-15/h7-8,13-15,17,22H,5-6H2,1-4H3/t13-,14-,15+,17+,18-,19-/m0/s1. The van der Waals surface area contributed by atoms with E-state index < -0.39 is 29.4 Å². The average Bonchev–Trinajstić information content (AvgIpc) is 3.28. The summed E-state index contributed by atoms with van der Waals surface area (Å²) >= 11 is 0. The Kier molecular flexibility index (Phi) is 3.42. The minimum atomic E-state index is -1.48. The fourth-order valence-electron chi connectivity index (χ4n) is 5.49. The third-order valence-corrected chi connectivity index (χ3v) is 6.66. The van der Waals surface area contributed by atoms with Gasteiger partial charge in [-0.3, -0.25) is 4.90 Å². The molecule has 3 aliphatic heterocycles. The predicted molar refractivity (Wildman–Crippen MR) is 92.1 cm³/mol. The summed E-state index contributed by atoms with van der Waals surface area (Å²) in [6.45, 7) is 0.781. The number of nitrogens with zero attached hydrogens (tertiary/aromatic N) is 1. The lowest BCUT2D eigenvalue weighted by Crippen LogP contribution is -2.69. The molecule has 0 unspecified atom stereocenters. The number of rotatable bonds is 3. The van der Waals surface area contributed by atoms with Crippen molar-refractivity contribution in [2.24, 2.45) is 0 Å². The van der Waals surface area contributed by atoms with Crippen LogP contribution in [0.15, 0.2) is 12.1 Å². The number of carbonyl (C=O) groups excluding carboxylic acids is 1. The van der Waals surface area contributed by atoms with Crippen LogP contribution in [0, 0.1) is 0 Å². The molecular formula is C19H23NO7. The van der Waals surface area contributed by atoms with Gasteiger partial charge in [0.25, 0.3) is 0 Å². The highest BCUT2D eigenvalue weighted by molar-refractivity contribution is 5.94. The van der Waals surface area contributed by atoms with Crippen LogP contribution in [-0.2, 0) is 19.8 Å². The minimum Gasteiger partial charge on any atom is -0.493 e. The molecule has 1 aliphatic carbocycles. The van der Waals surface area contributed by atoms with E-state index in [1.807, 2.05) is 7.05 Å². The summed E-state index contributed by atoms with van der Waals surface area (Å²) in [4.78, 5) is 14.8. The number of carbonyl (C=O) groups is 1. The van der Waals surface area contributed by atoms with Crippen molar-refractivity contribution in [1.29, 1.82) is 0 Å². The number of aliphatic hydroxyl groups is 1. The lowest BCUT2D eigenvalue weighted by atomic mass is 9.65. The van der Waals surface area contributed by atoms with Crippen molar-refractivity contribution >= 4 is 5.97 Å². The molecule has 0 radical (unpaired) electrons. The summed E-state index contributed by atoms with van der Waals surface area (Å²) in [6, 6.07) is 2.89. The number of epoxide rings is 1. The van der Waals surface area contributed by atoms with Crippen LogP contribution in [0.25, 0.3) is 0 Å². The first-order chi connectivity index (χ1) is 12.9. The van der Waals surface area contributed by atoms with E-state index in [2.05, 4.69) is 4.90 Å². The van der Waals surface area contributed by atoms with Crippen molar-refractivity contribution in [1.82, 2.24) is 4.90 Å². The summed E-state index contributed by atoms with van der Waals surface area (Å²) in [5.41, 5.74) is -1.23. The van der Waals surface area contributed by atoms with E-state index in [9.17, 15) is 9.90 Å². The summed E-state index contributed by atoms with van der Waals surface area (Å²) in [5.74, 6) is 0.335. The van der Waals surface area contributed by atoms with Crippen molar-refractivity contribution in [3.8, 4) is 11.5 Å². The molecule has 1 spiro atoms. The number of hydrogen-bond acceptors (Lipinski definition) is 8. The van der Waals surface area contributed by atoms with Gasteiger partial charge in [0.1, 0.15) is 23.4 Å². The van der Waals surface area contributed by atoms with Gasteiger partial charge in [0, 0.05) is 19.2 Å². The summed E-state index contributed by atoms with van der Waals surface area (Å²) in [6.07, 6.45) is -0.809. The molecule has 146 valence electrons. The lowest BCUT2D eigenvalue weighted by molar-refractivity contribution is -0.194. The largest absolute Gasteiger partial charge is 0.493 e. The Bertz CT molecular complexity index is 829. The molecule has 2 saturated heterocycles. The maximum atomic E-state index is 12.8. The zero-order valence-electron chi connectivity index (χ0n) is 15.7. The molecule has 3 heterocycles. The van der Waals surface area contributed by atoms with E-state index in [1.54, 1.807) is 19.2 Å². The second-order valence-electron chi connectivity index (χ2n) is 7.73. The predicted octanol–water partition coefficient (Wildman–Crippen LogP) is 0.301. The summed E-state index contributed by atoms with van der Waals surface area (Å²) in [7, 11) is 6.53. The van der Waals surface area contributed by atoms with Gasteiger partial charge in [-0.15, -0.1) is 0 Å². The molecule has 0 aromatic heterocycles. The van der Waals surface area contributed by atoms with Crippen molar-refractivity contribution in [3.63, 3.8) is 0 Å². The number of methoxy groups -OCH3 is 3. The zero-order valence-corrected chi connectivity index (χ0v) is 15.7. The molecule has 6 atom stereocenters. The van der Waals surface area contributed by atoms with Gasteiger partial charge in [0.15, 0.2) is 17.6 Å². The molecule has 8 nitrogen and oxygen atoms in total. The highest BCUT2D eigenvalue weighted by atomic mass is 16.7. The zero-order chi connectivity index (χ0) is 19.1. The Hall–Kier alpha value is -1.87. The summed E-state index contributed by atoms with van der Waals surface area (Å²) in [5, 5.41) is 12.1. The van der Waals surface area contributed by atoms with Crippen molar-refractivity contribution in [2.45, 2.75) is 42.0 Å². The first kappa shape index (κ1) is 17.2. The Labute approximate surface area is 156 Å².